The Morgan fingerprint density at radius 2 is 1.76 bits per heavy atom. The SMILES string of the molecule is CC(C)[C@H](C(=O)N1CCC(=O)CC1)N1CC=Cc2ccc(Oc3ccc(F)cc3F)cc2C1=O. The molecule has 2 heterocycles. The standard InChI is InChI=1S/C26H26F2N2O4/c1-16(2)24(26(33)29-12-9-19(31)10-13-29)30-11-3-4-17-5-7-20(15-21(17)25(30)32)34-23-8-6-18(27)14-22(23)28/h3-8,14-16,24H,9-13H2,1-2H3/t24-/m1/s1. The third-order valence-corrected chi connectivity index (χ3v) is 6.09. The molecule has 34 heavy (non-hydrogen) atoms. The average Bonchev–Trinajstić information content (AvgIpc) is 2.95. The van der Waals surface area contributed by atoms with Crippen LogP contribution in [0.5, 0.6) is 11.5 Å². The summed E-state index contributed by atoms with van der Waals surface area (Å²) in [5, 5.41) is 0. The first-order valence-electron chi connectivity index (χ1n) is 11.3. The summed E-state index contributed by atoms with van der Waals surface area (Å²) in [6.45, 7) is 4.74. The van der Waals surface area contributed by atoms with Crippen molar-refractivity contribution in [1.82, 2.24) is 9.80 Å². The number of fused-ring (bicyclic) bond motifs is 1. The number of piperidine rings is 1. The summed E-state index contributed by atoms with van der Waals surface area (Å²) in [7, 11) is 0. The molecule has 1 fully saturated rings. The van der Waals surface area contributed by atoms with Crippen LogP contribution >= 0.6 is 0 Å². The lowest BCUT2D eigenvalue weighted by atomic mass is 9.98. The van der Waals surface area contributed by atoms with Crippen molar-refractivity contribution in [3.63, 3.8) is 0 Å². The van der Waals surface area contributed by atoms with Crippen molar-refractivity contribution in [1.29, 1.82) is 0 Å². The van der Waals surface area contributed by atoms with Gasteiger partial charge in [-0.1, -0.05) is 32.1 Å². The highest BCUT2D eigenvalue weighted by atomic mass is 19.1. The molecule has 2 aliphatic rings. The molecule has 1 saturated heterocycles. The molecule has 0 saturated carbocycles. The Balaban J connectivity index is 1.62. The van der Waals surface area contributed by atoms with Crippen molar-refractivity contribution in [3.8, 4) is 11.5 Å². The van der Waals surface area contributed by atoms with Crippen LogP contribution in [0.4, 0.5) is 8.78 Å². The zero-order chi connectivity index (χ0) is 24.4. The Labute approximate surface area is 196 Å². The molecule has 0 bridgehead atoms. The van der Waals surface area contributed by atoms with Gasteiger partial charge in [-0.05, 0) is 35.7 Å². The maximum atomic E-state index is 14.0. The van der Waals surface area contributed by atoms with E-state index in [9.17, 15) is 23.2 Å². The number of benzene rings is 2. The first kappa shape index (κ1) is 23.6. The van der Waals surface area contributed by atoms with Crippen molar-refractivity contribution < 1.29 is 27.9 Å². The summed E-state index contributed by atoms with van der Waals surface area (Å²) in [5.74, 6) is -2.05. The van der Waals surface area contributed by atoms with E-state index in [4.69, 9.17) is 4.74 Å². The van der Waals surface area contributed by atoms with Gasteiger partial charge in [0, 0.05) is 38.5 Å². The highest BCUT2D eigenvalue weighted by molar-refractivity contribution is 6.01. The van der Waals surface area contributed by atoms with Gasteiger partial charge >= 0.3 is 0 Å². The minimum absolute atomic E-state index is 0.137. The number of Topliss-reactive ketones (excluding diaryl/α,β-unsaturated/α-hetero) is 1. The predicted octanol–water partition coefficient (Wildman–Crippen LogP) is 4.44. The van der Waals surface area contributed by atoms with E-state index in [-0.39, 0.29) is 41.6 Å². The zero-order valence-electron chi connectivity index (χ0n) is 19.1. The molecule has 6 nitrogen and oxygen atoms in total. The summed E-state index contributed by atoms with van der Waals surface area (Å²) in [4.78, 5) is 41.8. The first-order valence-corrected chi connectivity index (χ1v) is 11.3. The molecule has 2 aliphatic heterocycles. The number of carbonyl (C=O) groups is 3. The van der Waals surface area contributed by atoms with Crippen LogP contribution in [0.1, 0.15) is 42.6 Å². The second-order valence-electron chi connectivity index (χ2n) is 8.84. The predicted molar refractivity (Wildman–Crippen MR) is 122 cm³/mol. The molecular weight excluding hydrogens is 442 g/mol. The third-order valence-electron chi connectivity index (χ3n) is 6.09. The van der Waals surface area contributed by atoms with Gasteiger partial charge in [-0.2, -0.15) is 0 Å². The van der Waals surface area contributed by atoms with Gasteiger partial charge in [-0.3, -0.25) is 14.4 Å². The van der Waals surface area contributed by atoms with E-state index in [1.807, 2.05) is 19.9 Å². The van der Waals surface area contributed by atoms with E-state index in [0.29, 0.717) is 37.1 Å². The highest BCUT2D eigenvalue weighted by Gasteiger charge is 2.37. The van der Waals surface area contributed by atoms with E-state index in [1.165, 1.54) is 17.0 Å². The fourth-order valence-corrected chi connectivity index (χ4v) is 4.33. The van der Waals surface area contributed by atoms with Gasteiger partial charge in [0.05, 0.1) is 5.56 Å². The summed E-state index contributed by atoms with van der Waals surface area (Å²) in [5.41, 5.74) is 0.971. The van der Waals surface area contributed by atoms with E-state index in [0.717, 1.165) is 12.1 Å². The van der Waals surface area contributed by atoms with Gasteiger partial charge in [0.1, 0.15) is 23.4 Å². The fraction of sp³-hybridized carbons (Fsp3) is 0.346. The van der Waals surface area contributed by atoms with Crippen molar-refractivity contribution in [3.05, 3.63) is 65.2 Å². The number of ketones is 1. The highest BCUT2D eigenvalue weighted by Crippen LogP contribution is 2.30. The van der Waals surface area contributed by atoms with Gasteiger partial charge in [0.25, 0.3) is 5.91 Å². The summed E-state index contributed by atoms with van der Waals surface area (Å²) < 4.78 is 32.8. The number of ether oxygens (including phenoxy) is 1. The van der Waals surface area contributed by atoms with E-state index >= 15 is 0 Å². The summed E-state index contributed by atoms with van der Waals surface area (Å²) in [6, 6.07) is 7.09. The van der Waals surface area contributed by atoms with E-state index in [2.05, 4.69) is 0 Å². The van der Waals surface area contributed by atoms with E-state index < -0.39 is 17.7 Å². The molecule has 0 unspecified atom stereocenters. The molecule has 0 N–H and O–H groups in total. The number of carbonyl (C=O) groups excluding carboxylic acids is 3. The van der Waals surface area contributed by atoms with Crippen LogP contribution in [0, 0.1) is 17.6 Å². The molecule has 0 aliphatic carbocycles. The third kappa shape index (κ3) is 4.85. The lowest BCUT2D eigenvalue weighted by Gasteiger charge is -2.37. The number of halogens is 2. The molecule has 2 aromatic rings. The Morgan fingerprint density at radius 1 is 1.03 bits per heavy atom. The number of amides is 2. The Bertz CT molecular complexity index is 1150. The van der Waals surface area contributed by atoms with Crippen LogP contribution in [-0.4, -0.2) is 53.1 Å². The zero-order valence-corrected chi connectivity index (χ0v) is 19.1. The van der Waals surface area contributed by atoms with Crippen molar-refractivity contribution in [2.75, 3.05) is 19.6 Å². The van der Waals surface area contributed by atoms with E-state index in [1.54, 1.807) is 23.1 Å². The maximum Gasteiger partial charge on any atom is 0.255 e. The van der Waals surface area contributed by atoms with Gasteiger partial charge in [-0.15, -0.1) is 0 Å². The van der Waals surface area contributed by atoms with Gasteiger partial charge in [0.2, 0.25) is 5.91 Å². The minimum Gasteiger partial charge on any atom is -0.454 e. The molecule has 0 radical (unpaired) electrons. The molecular formula is C26H26F2N2O4. The lowest BCUT2D eigenvalue weighted by molar-refractivity contribution is -0.140. The average molecular weight is 469 g/mol. The van der Waals surface area contributed by atoms with Crippen LogP contribution in [0.25, 0.3) is 6.08 Å². The maximum absolute atomic E-state index is 14.0. The topological polar surface area (TPSA) is 66.9 Å². The van der Waals surface area contributed by atoms with Gasteiger partial charge < -0.3 is 14.5 Å². The van der Waals surface area contributed by atoms with Gasteiger partial charge in [-0.25, -0.2) is 8.78 Å². The normalized spacial score (nSPS) is 17.0. The molecule has 0 spiro atoms. The molecule has 1 atom stereocenters. The molecule has 8 heteroatoms. The summed E-state index contributed by atoms with van der Waals surface area (Å²) in [6.07, 6.45) is 4.28. The van der Waals surface area contributed by atoms with Crippen molar-refractivity contribution in [2.24, 2.45) is 5.92 Å². The number of rotatable bonds is 5. The van der Waals surface area contributed by atoms with Crippen LogP contribution in [0.3, 0.4) is 0 Å². The van der Waals surface area contributed by atoms with Crippen LogP contribution < -0.4 is 4.74 Å². The number of nitrogens with zero attached hydrogens (tertiary/aromatic N) is 2. The molecule has 2 aromatic carbocycles. The smallest absolute Gasteiger partial charge is 0.255 e. The number of likely N-dealkylation sites (tertiary alicyclic amines) is 1. The van der Waals surface area contributed by atoms with Crippen LogP contribution in [0.2, 0.25) is 0 Å². The van der Waals surface area contributed by atoms with Crippen LogP contribution in [0.15, 0.2) is 42.5 Å². The Hall–Kier alpha value is -3.55. The largest absolute Gasteiger partial charge is 0.454 e. The number of hydrogen-bond donors (Lipinski definition) is 0. The molecule has 0 aromatic heterocycles. The van der Waals surface area contributed by atoms with Crippen molar-refractivity contribution >= 4 is 23.7 Å². The first-order chi connectivity index (χ1) is 16.2. The number of hydrogen-bond acceptors (Lipinski definition) is 4. The van der Waals surface area contributed by atoms with Gasteiger partial charge in [0.15, 0.2) is 11.6 Å². The summed E-state index contributed by atoms with van der Waals surface area (Å²) >= 11 is 0. The quantitative estimate of drug-likeness (QED) is 0.651. The monoisotopic (exact) mass is 468 g/mol. The molecule has 178 valence electrons. The Morgan fingerprint density at radius 3 is 2.44 bits per heavy atom. The Kier molecular flexibility index (Phi) is 6.77. The lowest BCUT2D eigenvalue weighted by Crippen LogP contribution is -2.54. The van der Waals surface area contributed by atoms with Crippen LogP contribution in [-0.2, 0) is 9.59 Å². The second-order valence-corrected chi connectivity index (χ2v) is 8.84. The van der Waals surface area contributed by atoms with Crippen molar-refractivity contribution in [2.45, 2.75) is 32.7 Å². The molecule has 4 rings (SSSR count). The fourth-order valence-electron chi connectivity index (χ4n) is 4.33. The second kappa shape index (κ2) is 9.75. The minimum atomic E-state index is -0.853. The molecule has 2 amide bonds.